The maximum atomic E-state index is 12.3. The Bertz CT molecular complexity index is 828. The van der Waals surface area contributed by atoms with E-state index in [4.69, 9.17) is 4.74 Å². The lowest BCUT2D eigenvalue weighted by Crippen LogP contribution is -2.29. The molecule has 0 aliphatic carbocycles. The van der Waals surface area contributed by atoms with Crippen molar-refractivity contribution in [3.8, 4) is 5.75 Å². The molecule has 0 fully saturated rings. The van der Waals surface area contributed by atoms with Gasteiger partial charge >= 0.3 is 5.97 Å². The fraction of sp³-hybridized carbons (Fsp3) is 0.300. The second-order valence-corrected chi connectivity index (χ2v) is 6.32. The molecule has 2 aromatic carbocycles. The monoisotopic (exact) mass is 339 g/mol. The molecule has 130 valence electrons. The molecule has 1 amide bonds. The predicted molar refractivity (Wildman–Crippen MR) is 94.0 cm³/mol. The first-order valence-electron chi connectivity index (χ1n) is 8.31. The average molecular weight is 339 g/mol. The highest BCUT2D eigenvalue weighted by atomic mass is 16.5. The van der Waals surface area contributed by atoms with Gasteiger partial charge in [-0.1, -0.05) is 30.3 Å². The first-order valence-corrected chi connectivity index (χ1v) is 8.31. The van der Waals surface area contributed by atoms with Crippen molar-refractivity contribution >= 4 is 11.9 Å². The number of hydrogen-bond donors (Lipinski definition) is 2. The van der Waals surface area contributed by atoms with Crippen LogP contribution in [-0.2, 0) is 11.2 Å². The Kier molecular flexibility index (Phi) is 4.74. The molecule has 1 heterocycles. The standard InChI is InChI=1S/C20H21NO4/c1-12-7-9-16-17(11-25-19(16)13(12)2)21-18(22)10-8-14-5-3-4-6-15(14)20(23)24/h3-7,9,17H,8,10-11H2,1-2H3,(H,21,22)(H,23,24)/t17-/m0/s1. The number of carboxylic acid groups (broad SMARTS) is 1. The van der Waals surface area contributed by atoms with Crippen molar-refractivity contribution in [3.05, 3.63) is 64.2 Å². The molecule has 5 heteroatoms. The van der Waals surface area contributed by atoms with E-state index in [1.165, 1.54) is 0 Å². The zero-order valence-electron chi connectivity index (χ0n) is 14.3. The second-order valence-electron chi connectivity index (χ2n) is 6.32. The van der Waals surface area contributed by atoms with E-state index in [0.717, 1.165) is 22.4 Å². The van der Waals surface area contributed by atoms with Crippen LogP contribution in [0.3, 0.4) is 0 Å². The summed E-state index contributed by atoms with van der Waals surface area (Å²) >= 11 is 0. The third kappa shape index (κ3) is 3.50. The third-order valence-electron chi connectivity index (χ3n) is 4.68. The van der Waals surface area contributed by atoms with Crippen LogP contribution < -0.4 is 10.1 Å². The lowest BCUT2D eigenvalue weighted by atomic mass is 10.0. The van der Waals surface area contributed by atoms with E-state index in [0.29, 0.717) is 18.6 Å². The number of carbonyl (C=O) groups excluding carboxylic acids is 1. The molecule has 0 unspecified atom stereocenters. The van der Waals surface area contributed by atoms with Crippen molar-refractivity contribution in [1.82, 2.24) is 5.32 Å². The molecule has 25 heavy (non-hydrogen) atoms. The summed E-state index contributed by atoms with van der Waals surface area (Å²) in [6, 6.07) is 10.6. The van der Waals surface area contributed by atoms with E-state index >= 15 is 0 Å². The van der Waals surface area contributed by atoms with Crippen molar-refractivity contribution in [2.45, 2.75) is 32.7 Å². The third-order valence-corrected chi connectivity index (χ3v) is 4.68. The summed E-state index contributed by atoms with van der Waals surface area (Å²) in [5.41, 5.74) is 4.18. The van der Waals surface area contributed by atoms with E-state index < -0.39 is 5.97 Å². The number of nitrogens with one attached hydrogen (secondary N) is 1. The van der Waals surface area contributed by atoms with Gasteiger partial charge in [0.15, 0.2) is 0 Å². The summed E-state index contributed by atoms with van der Waals surface area (Å²) in [5.74, 6) is -0.221. The van der Waals surface area contributed by atoms with E-state index in [9.17, 15) is 14.7 Å². The Morgan fingerprint density at radius 3 is 2.72 bits per heavy atom. The minimum Gasteiger partial charge on any atom is -0.490 e. The summed E-state index contributed by atoms with van der Waals surface area (Å²) in [6.07, 6.45) is 0.628. The Morgan fingerprint density at radius 1 is 1.20 bits per heavy atom. The van der Waals surface area contributed by atoms with E-state index in [-0.39, 0.29) is 23.9 Å². The molecule has 0 spiro atoms. The zero-order valence-corrected chi connectivity index (χ0v) is 14.3. The van der Waals surface area contributed by atoms with Gasteiger partial charge in [-0.25, -0.2) is 4.79 Å². The highest BCUT2D eigenvalue weighted by Gasteiger charge is 2.27. The topological polar surface area (TPSA) is 75.6 Å². The van der Waals surface area contributed by atoms with Crippen molar-refractivity contribution in [3.63, 3.8) is 0 Å². The summed E-state index contributed by atoms with van der Waals surface area (Å²) in [5, 5.41) is 12.2. The maximum Gasteiger partial charge on any atom is 0.335 e. The molecule has 2 aromatic rings. The molecule has 0 radical (unpaired) electrons. The van der Waals surface area contributed by atoms with Crippen LogP contribution in [0.4, 0.5) is 0 Å². The van der Waals surface area contributed by atoms with Gasteiger partial charge in [0.1, 0.15) is 12.4 Å². The van der Waals surface area contributed by atoms with Gasteiger partial charge in [0.25, 0.3) is 0 Å². The summed E-state index contributed by atoms with van der Waals surface area (Å²) < 4.78 is 5.74. The number of carboxylic acids is 1. The Morgan fingerprint density at radius 2 is 1.96 bits per heavy atom. The van der Waals surface area contributed by atoms with Crippen LogP contribution >= 0.6 is 0 Å². The minimum absolute atomic E-state index is 0.111. The Balaban J connectivity index is 1.64. The molecule has 2 N–H and O–H groups in total. The Labute approximate surface area is 146 Å². The van der Waals surface area contributed by atoms with Crippen molar-refractivity contribution < 1.29 is 19.4 Å². The molecule has 1 atom stereocenters. The van der Waals surface area contributed by atoms with Crippen molar-refractivity contribution in [2.24, 2.45) is 0 Å². The Hall–Kier alpha value is -2.82. The first kappa shape index (κ1) is 17.0. The number of carbonyl (C=O) groups is 2. The maximum absolute atomic E-state index is 12.3. The largest absolute Gasteiger partial charge is 0.490 e. The zero-order chi connectivity index (χ0) is 18.0. The van der Waals surface area contributed by atoms with Gasteiger partial charge in [-0.15, -0.1) is 0 Å². The lowest BCUT2D eigenvalue weighted by molar-refractivity contribution is -0.121. The van der Waals surface area contributed by atoms with Gasteiger partial charge < -0.3 is 15.2 Å². The normalized spacial score (nSPS) is 15.4. The highest BCUT2D eigenvalue weighted by molar-refractivity contribution is 5.89. The van der Waals surface area contributed by atoms with Crippen LogP contribution in [0.5, 0.6) is 5.75 Å². The number of rotatable bonds is 5. The van der Waals surface area contributed by atoms with Crippen LogP contribution in [0.15, 0.2) is 36.4 Å². The molecule has 0 saturated carbocycles. The summed E-state index contributed by atoms with van der Waals surface area (Å²) in [6.45, 7) is 4.48. The van der Waals surface area contributed by atoms with Gasteiger partial charge in [-0.3, -0.25) is 4.79 Å². The molecular weight excluding hydrogens is 318 g/mol. The number of fused-ring (bicyclic) bond motifs is 1. The molecule has 5 nitrogen and oxygen atoms in total. The van der Waals surface area contributed by atoms with E-state index in [2.05, 4.69) is 5.32 Å². The SMILES string of the molecule is Cc1ccc2c(c1C)OC[C@@H]2NC(=O)CCc1ccccc1C(=O)O. The van der Waals surface area contributed by atoms with Gasteiger partial charge in [0.2, 0.25) is 5.91 Å². The molecular formula is C20H21NO4. The van der Waals surface area contributed by atoms with Crippen LogP contribution in [0.2, 0.25) is 0 Å². The van der Waals surface area contributed by atoms with Gasteiger partial charge in [-0.2, -0.15) is 0 Å². The number of aryl methyl sites for hydroxylation is 2. The van der Waals surface area contributed by atoms with Gasteiger partial charge in [0.05, 0.1) is 11.6 Å². The average Bonchev–Trinajstić information content (AvgIpc) is 3.00. The van der Waals surface area contributed by atoms with Crippen LogP contribution in [0.1, 0.15) is 45.1 Å². The quantitative estimate of drug-likeness (QED) is 0.877. The van der Waals surface area contributed by atoms with E-state index in [1.54, 1.807) is 24.3 Å². The molecule has 0 aromatic heterocycles. The molecule has 1 aliphatic heterocycles. The van der Waals surface area contributed by atoms with Crippen molar-refractivity contribution in [1.29, 1.82) is 0 Å². The molecule has 0 saturated heterocycles. The van der Waals surface area contributed by atoms with Gasteiger partial charge in [0, 0.05) is 12.0 Å². The van der Waals surface area contributed by atoms with Crippen LogP contribution in [-0.4, -0.2) is 23.6 Å². The number of aromatic carboxylic acids is 1. The minimum atomic E-state index is -0.972. The number of benzene rings is 2. The summed E-state index contributed by atoms with van der Waals surface area (Å²) in [7, 11) is 0. The smallest absolute Gasteiger partial charge is 0.335 e. The fourth-order valence-electron chi connectivity index (χ4n) is 3.11. The lowest BCUT2D eigenvalue weighted by Gasteiger charge is -2.13. The number of hydrogen-bond acceptors (Lipinski definition) is 3. The van der Waals surface area contributed by atoms with Gasteiger partial charge in [-0.05, 0) is 43.0 Å². The number of ether oxygens (including phenoxy) is 1. The second kappa shape index (κ2) is 6.97. The van der Waals surface area contributed by atoms with Crippen molar-refractivity contribution in [2.75, 3.05) is 6.61 Å². The first-order chi connectivity index (χ1) is 12.0. The van der Waals surface area contributed by atoms with Crippen LogP contribution in [0.25, 0.3) is 0 Å². The molecule has 1 aliphatic rings. The highest BCUT2D eigenvalue weighted by Crippen LogP contribution is 2.36. The van der Waals surface area contributed by atoms with E-state index in [1.807, 2.05) is 26.0 Å². The predicted octanol–water partition coefficient (Wildman–Crippen LogP) is 3.18. The molecule has 0 bridgehead atoms. The fourth-order valence-corrected chi connectivity index (χ4v) is 3.11. The summed E-state index contributed by atoms with van der Waals surface area (Å²) in [4.78, 5) is 23.5. The van der Waals surface area contributed by atoms with Crippen LogP contribution in [0, 0.1) is 13.8 Å². The molecule has 3 rings (SSSR count). The number of amides is 1.